The summed E-state index contributed by atoms with van der Waals surface area (Å²) in [6.45, 7) is 3.52. The van der Waals surface area contributed by atoms with Crippen LogP contribution in [-0.4, -0.2) is 31.5 Å². The Bertz CT molecular complexity index is 354. The van der Waals surface area contributed by atoms with Crippen molar-refractivity contribution in [2.75, 3.05) is 30.5 Å². The summed E-state index contributed by atoms with van der Waals surface area (Å²) in [5.74, 6) is -0.192. The van der Waals surface area contributed by atoms with Crippen molar-refractivity contribution in [3.05, 3.63) is 29.3 Å². The Morgan fingerprint density at radius 1 is 1.35 bits per heavy atom. The molecule has 0 atom stereocenters. The number of carbonyl (C=O) groups excluding carboxylic acids is 1. The van der Waals surface area contributed by atoms with Crippen LogP contribution in [0.1, 0.15) is 6.92 Å². The number of carbonyl (C=O) groups is 1. The normalized spacial score (nSPS) is 10.3. The third-order valence-electron chi connectivity index (χ3n) is 2.22. The van der Waals surface area contributed by atoms with E-state index in [0.29, 0.717) is 24.8 Å². The van der Waals surface area contributed by atoms with Crippen LogP contribution in [0.25, 0.3) is 0 Å². The number of anilines is 1. The second kappa shape index (κ2) is 7.54. The molecule has 1 aromatic rings. The summed E-state index contributed by atoms with van der Waals surface area (Å²) in [5.41, 5.74) is 0.778. The molecule has 1 rings (SSSR count). The van der Waals surface area contributed by atoms with Gasteiger partial charge in [0.25, 0.3) is 0 Å². The topological polar surface area (TPSA) is 29.5 Å². The molecule has 0 saturated carbocycles. The number of rotatable bonds is 6. The van der Waals surface area contributed by atoms with Gasteiger partial charge in [0, 0.05) is 23.9 Å². The second-order valence-corrected chi connectivity index (χ2v) is 4.06. The summed E-state index contributed by atoms with van der Waals surface area (Å²) in [5, 5.41) is 0.636. The van der Waals surface area contributed by atoms with E-state index in [0.717, 1.165) is 5.69 Å². The first-order chi connectivity index (χ1) is 8.19. The zero-order chi connectivity index (χ0) is 12.7. The first-order valence-corrected chi connectivity index (χ1v) is 6.30. The molecule has 0 unspecified atom stereocenters. The first-order valence-electron chi connectivity index (χ1n) is 5.38. The number of ether oxygens (including phenoxy) is 1. The number of benzene rings is 1. The van der Waals surface area contributed by atoms with Crippen LogP contribution in [-0.2, 0) is 9.53 Å². The van der Waals surface area contributed by atoms with E-state index in [9.17, 15) is 4.79 Å². The standard InChI is InChI=1S/C12H15Cl2NO2/c1-2-17-8-7-15(12(16)9-13)11-5-3-10(14)4-6-11/h3-6H,2,7-9H2,1H3. The first kappa shape index (κ1) is 14.3. The lowest BCUT2D eigenvalue weighted by Crippen LogP contribution is -2.34. The van der Waals surface area contributed by atoms with Gasteiger partial charge in [0.05, 0.1) is 6.61 Å². The number of hydrogen-bond donors (Lipinski definition) is 0. The smallest absolute Gasteiger partial charge is 0.241 e. The summed E-state index contributed by atoms with van der Waals surface area (Å²) in [6.07, 6.45) is 0. The fourth-order valence-corrected chi connectivity index (χ4v) is 1.66. The number of halogens is 2. The van der Waals surface area contributed by atoms with Gasteiger partial charge in [-0.15, -0.1) is 11.6 Å². The SMILES string of the molecule is CCOCCN(C(=O)CCl)c1ccc(Cl)cc1. The maximum absolute atomic E-state index is 11.7. The van der Waals surface area contributed by atoms with Gasteiger partial charge in [-0.2, -0.15) is 0 Å². The van der Waals surface area contributed by atoms with Gasteiger partial charge >= 0.3 is 0 Å². The third-order valence-corrected chi connectivity index (χ3v) is 2.70. The van der Waals surface area contributed by atoms with Crippen molar-refractivity contribution >= 4 is 34.8 Å². The van der Waals surface area contributed by atoms with E-state index in [1.165, 1.54) is 0 Å². The van der Waals surface area contributed by atoms with Crippen LogP contribution < -0.4 is 4.90 Å². The van der Waals surface area contributed by atoms with E-state index in [4.69, 9.17) is 27.9 Å². The number of amides is 1. The van der Waals surface area contributed by atoms with Crippen molar-refractivity contribution in [3.8, 4) is 0 Å². The zero-order valence-corrected chi connectivity index (χ0v) is 11.2. The molecule has 0 radical (unpaired) electrons. The molecule has 0 aromatic heterocycles. The predicted octanol–water partition coefficient (Wildman–Crippen LogP) is 2.95. The van der Waals surface area contributed by atoms with Gasteiger partial charge in [-0.05, 0) is 31.2 Å². The molecule has 0 heterocycles. The monoisotopic (exact) mass is 275 g/mol. The molecule has 0 aliphatic carbocycles. The molecule has 0 bridgehead atoms. The summed E-state index contributed by atoms with van der Waals surface area (Å²) in [4.78, 5) is 13.3. The molecule has 94 valence electrons. The van der Waals surface area contributed by atoms with Crippen molar-refractivity contribution in [2.45, 2.75) is 6.92 Å². The molecule has 0 saturated heterocycles. The van der Waals surface area contributed by atoms with Crippen molar-refractivity contribution in [3.63, 3.8) is 0 Å². The van der Waals surface area contributed by atoms with Gasteiger partial charge in [-0.25, -0.2) is 0 Å². The largest absolute Gasteiger partial charge is 0.380 e. The van der Waals surface area contributed by atoms with Crippen LogP contribution in [0.2, 0.25) is 5.02 Å². The van der Waals surface area contributed by atoms with Crippen LogP contribution in [0.4, 0.5) is 5.69 Å². The van der Waals surface area contributed by atoms with Crippen molar-refractivity contribution in [1.82, 2.24) is 0 Å². The second-order valence-electron chi connectivity index (χ2n) is 3.35. The molecule has 0 fully saturated rings. The van der Waals surface area contributed by atoms with E-state index >= 15 is 0 Å². The highest BCUT2D eigenvalue weighted by atomic mass is 35.5. The lowest BCUT2D eigenvalue weighted by atomic mass is 10.3. The Balaban J connectivity index is 2.74. The minimum absolute atomic E-state index is 0.0469. The summed E-state index contributed by atoms with van der Waals surface area (Å²) in [7, 11) is 0. The summed E-state index contributed by atoms with van der Waals surface area (Å²) in [6, 6.07) is 7.07. The highest BCUT2D eigenvalue weighted by Gasteiger charge is 2.14. The molecule has 0 aliphatic heterocycles. The molecule has 0 spiro atoms. The molecule has 1 amide bonds. The fourth-order valence-electron chi connectivity index (χ4n) is 1.39. The Hall–Kier alpha value is -0.770. The minimum atomic E-state index is -0.145. The third kappa shape index (κ3) is 4.54. The Morgan fingerprint density at radius 3 is 2.53 bits per heavy atom. The van der Waals surface area contributed by atoms with Gasteiger partial charge in [-0.1, -0.05) is 11.6 Å². The van der Waals surface area contributed by atoms with Gasteiger partial charge < -0.3 is 9.64 Å². The summed E-state index contributed by atoms with van der Waals surface area (Å²) >= 11 is 11.4. The number of alkyl halides is 1. The zero-order valence-electron chi connectivity index (χ0n) is 9.66. The van der Waals surface area contributed by atoms with E-state index in [-0.39, 0.29) is 11.8 Å². The predicted molar refractivity (Wildman–Crippen MR) is 71.0 cm³/mol. The van der Waals surface area contributed by atoms with Crippen LogP contribution in [0.3, 0.4) is 0 Å². The average molecular weight is 276 g/mol. The molecule has 17 heavy (non-hydrogen) atoms. The van der Waals surface area contributed by atoms with Crippen LogP contribution in [0.15, 0.2) is 24.3 Å². The maximum Gasteiger partial charge on any atom is 0.241 e. The minimum Gasteiger partial charge on any atom is -0.380 e. The van der Waals surface area contributed by atoms with Crippen molar-refractivity contribution in [2.24, 2.45) is 0 Å². The van der Waals surface area contributed by atoms with Crippen LogP contribution in [0.5, 0.6) is 0 Å². The lowest BCUT2D eigenvalue weighted by molar-refractivity contribution is -0.116. The van der Waals surface area contributed by atoms with Crippen molar-refractivity contribution in [1.29, 1.82) is 0 Å². The Kier molecular flexibility index (Phi) is 6.34. The maximum atomic E-state index is 11.7. The van der Waals surface area contributed by atoms with E-state index < -0.39 is 0 Å². The Labute approximate surface area is 111 Å². The molecular weight excluding hydrogens is 261 g/mol. The lowest BCUT2D eigenvalue weighted by Gasteiger charge is -2.21. The van der Waals surface area contributed by atoms with Crippen LogP contribution >= 0.6 is 23.2 Å². The quantitative estimate of drug-likeness (QED) is 0.590. The van der Waals surface area contributed by atoms with Gasteiger partial charge in [0.15, 0.2) is 0 Å². The molecule has 5 heteroatoms. The van der Waals surface area contributed by atoms with E-state index in [1.54, 1.807) is 29.2 Å². The molecule has 3 nitrogen and oxygen atoms in total. The fraction of sp³-hybridized carbons (Fsp3) is 0.417. The highest BCUT2D eigenvalue weighted by Crippen LogP contribution is 2.18. The number of hydrogen-bond acceptors (Lipinski definition) is 2. The summed E-state index contributed by atoms with van der Waals surface area (Å²) < 4.78 is 5.24. The van der Waals surface area contributed by atoms with Gasteiger partial charge in [0.1, 0.15) is 5.88 Å². The van der Waals surface area contributed by atoms with E-state index in [1.807, 2.05) is 6.92 Å². The highest BCUT2D eigenvalue weighted by molar-refractivity contribution is 6.31. The molecular formula is C12H15Cl2NO2. The van der Waals surface area contributed by atoms with Crippen LogP contribution in [0, 0.1) is 0 Å². The Morgan fingerprint density at radius 2 is 2.00 bits per heavy atom. The molecule has 0 N–H and O–H groups in total. The van der Waals surface area contributed by atoms with Crippen molar-refractivity contribution < 1.29 is 9.53 Å². The molecule has 0 aliphatic rings. The average Bonchev–Trinajstić information content (AvgIpc) is 2.35. The molecule has 1 aromatic carbocycles. The number of nitrogens with zero attached hydrogens (tertiary/aromatic N) is 1. The van der Waals surface area contributed by atoms with E-state index in [2.05, 4.69) is 0 Å². The van der Waals surface area contributed by atoms with Gasteiger partial charge in [-0.3, -0.25) is 4.79 Å². The van der Waals surface area contributed by atoms with Gasteiger partial charge in [0.2, 0.25) is 5.91 Å².